The minimum atomic E-state index is -0.0240. The molecule has 1 aromatic carbocycles. The number of carbonyl (C=O) groups is 1. The number of rotatable bonds is 2. The van der Waals surface area contributed by atoms with Crippen LogP contribution in [0.15, 0.2) is 48.8 Å². The fraction of sp³-hybridized carbons (Fsp3) is 0.304. The molecule has 4 aromatic rings. The maximum absolute atomic E-state index is 13.6. The van der Waals surface area contributed by atoms with E-state index in [1.54, 1.807) is 11.3 Å². The number of benzene rings is 1. The molecule has 0 bridgehead atoms. The zero-order valence-corrected chi connectivity index (χ0v) is 17.1. The second kappa shape index (κ2) is 6.07. The van der Waals surface area contributed by atoms with Crippen molar-refractivity contribution < 1.29 is 4.79 Å². The van der Waals surface area contributed by atoms with E-state index < -0.39 is 0 Å². The van der Waals surface area contributed by atoms with Gasteiger partial charge in [-0.2, -0.15) is 0 Å². The van der Waals surface area contributed by atoms with Crippen molar-refractivity contribution in [2.45, 2.75) is 25.3 Å². The van der Waals surface area contributed by atoms with Crippen molar-refractivity contribution in [3.05, 3.63) is 59.2 Å². The van der Waals surface area contributed by atoms with Gasteiger partial charge in [-0.25, -0.2) is 4.98 Å². The van der Waals surface area contributed by atoms with E-state index in [1.807, 2.05) is 24.5 Å². The molecule has 1 amide bonds. The summed E-state index contributed by atoms with van der Waals surface area (Å²) in [6.07, 6.45) is 5.98. The Bertz CT molecular complexity index is 1250. The molecule has 6 heteroatoms. The van der Waals surface area contributed by atoms with Crippen molar-refractivity contribution in [2.24, 2.45) is 0 Å². The van der Waals surface area contributed by atoms with Gasteiger partial charge in [0.2, 0.25) is 0 Å². The number of aryl methyl sites for hydroxylation is 1. The number of aromatic amines is 1. The predicted molar refractivity (Wildman–Crippen MR) is 118 cm³/mol. The Morgan fingerprint density at radius 3 is 2.83 bits per heavy atom. The van der Waals surface area contributed by atoms with E-state index in [0.29, 0.717) is 0 Å². The maximum atomic E-state index is 13.6. The monoisotopic (exact) mass is 402 g/mol. The molecule has 1 saturated carbocycles. The van der Waals surface area contributed by atoms with E-state index in [0.717, 1.165) is 53.9 Å². The van der Waals surface area contributed by atoms with Crippen LogP contribution in [0, 0.1) is 6.92 Å². The van der Waals surface area contributed by atoms with Crippen molar-refractivity contribution in [2.75, 3.05) is 24.5 Å². The number of hydrogen-bond acceptors (Lipinski definition) is 4. The van der Waals surface area contributed by atoms with E-state index in [2.05, 4.69) is 51.0 Å². The molecular formula is C23H22N4OS. The van der Waals surface area contributed by atoms with Gasteiger partial charge in [0.25, 0.3) is 5.91 Å². The number of nitrogens with one attached hydrogen (secondary N) is 1. The van der Waals surface area contributed by atoms with Crippen LogP contribution in [-0.2, 0) is 0 Å². The highest BCUT2D eigenvalue weighted by molar-refractivity contribution is 7.21. The Balaban J connectivity index is 1.32. The lowest BCUT2D eigenvalue weighted by Gasteiger charge is -2.43. The smallest absolute Gasteiger partial charge is 0.264 e. The number of H-pyrrole nitrogens is 1. The summed E-state index contributed by atoms with van der Waals surface area (Å²) in [5.74, 6) is 0.211. The molecule has 146 valence electrons. The predicted octanol–water partition coefficient (Wildman–Crippen LogP) is 4.58. The minimum absolute atomic E-state index is 0.0240. The molecule has 0 unspecified atom stereocenters. The molecule has 2 aliphatic rings. The fourth-order valence-corrected chi connectivity index (χ4v) is 5.95. The normalized spacial score (nSPS) is 18.1. The van der Waals surface area contributed by atoms with Crippen LogP contribution in [-0.4, -0.2) is 45.9 Å². The van der Waals surface area contributed by atoms with Crippen LogP contribution in [0.2, 0.25) is 0 Å². The second-order valence-electron chi connectivity index (χ2n) is 8.23. The van der Waals surface area contributed by atoms with Gasteiger partial charge in [0.15, 0.2) is 0 Å². The molecule has 1 saturated heterocycles. The standard InChI is InChI=1S/C23H22N4OS/c1-15-16-4-2-3-5-19(16)29-20(15)22(28)27-13-12-26(14-23(27)8-9-23)18-7-11-25-21-17(18)6-10-24-21/h2-7,10-11H,8-9,12-14H2,1H3,(H,24,25). The fourth-order valence-electron chi connectivity index (χ4n) is 4.80. The molecule has 1 aliphatic heterocycles. The average molecular weight is 403 g/mol. The first kappa shape index (κ1) is 17.0. The lowest BCUT2D eigenvalue weighted by atomic mass is 10.1. The van der Waals surface area contributed by atoms with E-state index in [-0.39, 0.29) is 11.4 Å². The van der Waals surface area contributed by atoms with Crippen LogP contribution < -0.4 is 4.90 Å². The number of carbonyl (C=O) groups excluding carboxylic acids is 1. The van der Waals surface area contributed by atoms with E-state index in [1.165, 1.54) is 15.8 Å². The third kappa shape index (κ3) is 2.52. The number of amides is 1. The van der Waals surface area contributed by atoms with E-state index in [9.17, 15) is 4.79 Å². The molecule has 5 nitrogen and oxygen atoms in total. The summed E-state index contributed by atoms with van der Waals surface area (Å²) in [5.41, 5.74) is 3.24. The number of hydrogen-bond donors (Lipinski definition) is 1. The molecule has 3 aromatic heterocycles. The van der Waals surface area contributed by atoms with Gasteiger partial charge in [0.05, 0.1) is 10.4 Å². The van der Waals surface area contributed by atoms with E-state index in [4.69, 9.17) is 0 Å². The number of aromatic nitrogens is 2. The molecule has 1 N–H and O–H groups in total. The Morgan fingerprint density at radius 2 is 2.00 bits per heavy atom. The van der Waals surface area contributed by atoms with Gasteiger partial charge in [-0.1, -0.05) is 18.2 Å². The molecular weight excluding hydrogens is 380 g/mol. The van der Waals surface area contributed by atoms with Crippen molar-refractivity contribution in [1.82, 2.24) is 14.9 Å². The Labute approximate surface area is 173 Å². The first-order valence-corrected chi connectivity index (χ1v) is 11.0. The summed E-state index contributed by atoms with van der Waals surface area (Å²) >= 11 is 1.64. The number of anilines is 1. The van der Waals surface area contributed by atoms with Crippen molar-refractivity contribution in [3.8, 4) is 0 Å². The summed E-state index contributed by atoms with van der Waals surface area (Å²) in [4.78, 5) is 26.7. The third-order valence-electron chi connectivity index (χ3n) is 6.54. The Kier molecular flexibility index (Phi) is 3.56. The number of fused-ring (bicyclic) bond motifs is 2. The summed E-state index contributed by atoms with van der Waals surface area (Å²) in [5, 5.41) is 2.36. The van der Waals surface area contributed by atoms with Gasteiger partial charge in [0, 0.05) is 47.8 Å². The molecule has 1 spiro atoms. The first-order valence-electron chi connectivity index (χ1n) is 10.1. The van der Waals surface area contributed by atoms with Crippen LogP contribution in [0.5, 0.6) is 0 Å². The zero-order valence-electron chi connectivity index (χ0n) is 16.3. The van der Waals surface area contributed by atoms with Gasteiger partial charge in [-0.05, 0) is 48.9 Å². The van der Waals surface area contributed by atoms with Gasteiger partial charge in [-0.3, -0.25) is 4.79 Å². The lowest BCUT2D eigenvalue weighted by molar-refractivity contribution is 0.0629. The molecule has 0 atom stereocenters. The Hall–Kier alpha value is -2.86. The highest BCUT2D eigenvalue weighted by Crippen LogP contribution is 2.47. The van der Waals surface area contributed by atoms with Crippen molar-refractivity contribution in [3.63, 3.8) is 0 Å². The molecule has 29 heavy (non-hydrogen) atoms. The highest BCUT2D eigenvalue weighted by Gasteiger charge is 2.53. The van der Waals surface area contributed by atoms with Crippen LogP contribution in [0.3, 0.4) is 0 Å². The number of nitrogens with zero attached hydrogens (tertiary/aromatic N) is 3. The van der Waals surface area contributed by atoms with Gasteiger partial charge in [0.1, 0.15) is 5.65 Å². The number of pyridine rings is 1. The molecule has 0 radical (unpaired) electrons. The summed E-state index contributed by atoms with van der Waals surface area (Å²) in [7, 11) is 0. The minimum Gasteiger partial charge on any atom is -0.367 e. The Morgan fingerprint density at radius 1 is 1.14 bits per heavy atom. The molecule has 2 fully saturated rings. The van der Waals surface area contributed by atoms with Crippen LogP contribution >= 0.6 is 11.3 Å². The quantitative estimate of drug-likeness (QED) is 0.534. The van der Waals surface area contributed by atoms with Crippen LogP contribution in [0.4, 0.5) is 5.69 Å². The number of thiophene rings is 1. The van der Waals surface area contributed by atoms with Crippen LogP contribution in [0.25, 0.3) is 21.1 Å². The van der Waals surface area contributed by atoms with Gasteiger partial charge < -0.3 is 14.8 Å². The van der Waals surface area contributed by atoms with E-state index >= 15 is 0 Å². The highest BCUT2D eigenvalue weighted by atomic mass is 32.1. The molecule has 1 aliphatic carbocycles. The lowest BCUT2D eigenvalue weighted by Crippen LogP contribution is -2.57. The topological polar surface area (TPSA) is 52.2 Å². The molecule has 6 rings (SSSR count). The maximum Gasteiger partial charge on any atom is 0.264 e. The van der Waals surface area contributed by atoms with Crippen LogP contribution in [0.1, 0.15) is 28.1 Å². The van der Waals surface area contributed by atoms with Gasteiger partial charge in [-0.15, -0.1) is 11.3 Å². The SMILES string of the molecule is Cc1c(C(=O)N2CCN(c3ccnc4[nH]ccc34)CC23CC3)sc2ccccc12. The molecule has 4 heterocycles. The van der Waals surface area contributed by atoms with Crippen molar-refractivity contribution in [1.29, 1.82) is 0 Å². The van der Waals surface area contributed by atoms with Gasteiger partial charge >= 0.3 is 0 Å². The summed E-state index contributed by atoms with van der Waals surface area (Å²) < 4.78 is 1.20. The van der Waals surface area contributed by atoms with Crippen molar-refractivity contribution >= 4 is 44.1 Å². The number of piperazine rings is 1. The third-order valence-corrected chi connectivity index (χ3v) is 7.80. The average Bonchev–Trinajstić information content (AvgIpc) is 3.19. The zero-order chi connectivity index (χ0) is 19.6. The first-order chi connectivity index (χ1) is 14.2. The summed E-state index contributed by atoms with van der Waals surface area (Å²) in [6, 6.07) is 12.5. The second-order valence-corrected chi connectivity index (χ2v) is 9.28. The largest absolute Gasteiger partial charge is 0.367 e. The summed E-state index contributed by atoms with van der Waals surface area (Å²) in [6.45, 7) is 4.59.